The van der Waals surface area contributed by atoms with Crippen LogP contribution in [0.5, 0.6) is 0 Å². The smallest absolute Gasteiger partial charge is 0.411 e. The third kappa shape index (κ3) is 5.68. The molecule has 2 atom stereocenters. The van der Waals surface area contributed by atoms with Crippen molar-refractivity contribution in [1.29, 1.82) is 0 Å². The van der Waals surface area contributed by atoms with Gasteiger partial charge in [0.05, 0.1) is 6.54 Å². The van der Waals surface area contributed by atoms with Crippen LogP contribution in [0.1, 0.15) is 40.9 Å². The van der Waals surface area contributed by atoms with Crippen LogP contribution in [-0.2, 0) is 16.1 Å². The van der Waals surface area contributed by atoms with Crippen LogP contribution in [0.3, 0.4) is 0 Å². The van der Waals surface area contributed by atoms with E-state index in [2.05, 4.69) is 10.6 Å². The van der Waals surface area contributed by atoms with E-state index in [0.717, 1.165) is 6.42 Å². The minimum absolute atomic E-state index is 0.0750. The molecule has 7 nitrogen and oxygen atoms in total. The number of anilines is 1. The van der Waals surface area contributed by atoms with Crippen molar-refractivity contribution in [2.45, 2.75) is 32.0 Å². The van der Waals surface area contributed by atoms with E-state index in [-0.39, 0.29) is 12.5 Å². The van der Waals surface area contributed by atoms with Crippen LogP contribution < -0.4 is 10.6 Å². The molecule has 1 saturated heterocycles. The van der Waals surface area contributed by atoms with Gasteiger partial charge in [0.25, 0.3) is 5.91 Å². The van der Waals surface area contributed by atoms with E-state index in [1.807, 2.05) is 6.92 Å². The van der Waals surface area contributed by atoms with Crippen LogP contribution in [0, 0.1) is 11.6 Å². The van der Waals surface area contributed by atoms with Gasteiger partial charge in [-0.15, -0.1) is 0 Å². The maximum absolute atomic E-state index is 13.3. The Morgan fingerprint density at radius 1 is 0.917 bits per heavy atom. The molecular weight excluding hydrogens is 468 g/mol. The number of halogens is 2. The predicted molar refractivity (Wildman–Crippen MR) is 129 cm³/mol. The molecule has 0 aliphatic carbocycles. The molecular formula is C27H25F2N3O4. The summed E-state index contributed by atoms with van der Waals surface area (Å²) >= 11 is 0. The van der Waals surface area contributed by atoms with Gasteiger partial charge in [0.1, 0.15) is 11.6 Å². The molecule has 1 fully saturated rings. The highest BCUT2D eigenvalue weighted by atomic mass is 19.1. The SMILES string of the molecule is CCCNC(=O)[C@H]1[C@H](c2ccc(NC(=O)c3ccc(F)cc3)cc2)OC(=O)N1Cc1ccc(F)cc1. The first-order valence-electron chi connectivity index (χ1n) is 11.5. The molecule has 186 valence electrons. The fraction of sp³-hybridized carbons (Fsp3) is 0.222. The largest absolute Gasteiger partial charge is 0.438 e. The minimum Gasteiger partial charge on any atom is -0.438 e. The van der Waals surface area contributed by atoms with Crippen molar-refractivity contribution in [1.82, 2.24) is 10.2 Å². The molecule has 3 aromatic carbocycles. The Bertz CT molecular complexity index is 1230. The standard InChI is InChI=1S/C27H25F2N3O4/c1-2-15-30-26(34)23-24(36-27(35)32(23)16-17-3-9-20(28)10-4-17)18-7-13-22(14-8-18)31-25(33)19-5-11-21(29)12-6-19/h3-14,23-24H,2,15-16H2,1H3,(H,30,34)(H,31,33)/t23-,24+/m1/s1. The molecule has 0 saturated carbocycles. The Hall–Kier alpha value is -4.27. The zero-order valence-corrected chi connectivity index (χ0v) is 19.5. The first kappa shape index (κ1) is 24.8. The predicted octanol–water partition coefficient (Wildman–Crippen LogP) is 4.81. The van der Waals surface area contributed by atoms with Crippen LogP contribution in [-0.4, -0.2) is 35.4 Å². The van der Waals surface area contributed by atoms with Gasteiger partial charge < -0.3 is 15.4 Å². The molecule has 9 heteroatoms. The third-order valence-electron chi connectivity index (χ3n) is 5.77. The van der Waals surface area contributed by atoms with E-state index in [9.17, 15) is 23.2 Å². The molecule has 1 aliphatic rings. The summed E-state index contributed by atoms with van der Waals surface area (Å²) in [5.41, 5.74) is 2.00. The Kier molecular flexibility index (Phi) is 7.58. The monoisotopic (exact) mass is 493 g/mol. The van der Waals surface area contributed by atoms with Gasteiger partial charge in [0.15, 0.2) is 12.1 Å². The van der Waals surface area contributed by atoms with Gasteiger partial charge in [0.2, 0.25) is 5.91 Å². The Labute approximate surface area is 207 Å². The Morgan fingerprint density at radius 2 is 1.53 bits per heavy atom. The second-order valence-corrected chi connectivity index (χ2v) is 8.38. The topological polar surface area (TPSA) is 87.7 Å². The molecule has 36 heavy (non-hydrogen) atoms. The molecule has 1 aliphatic heterocycles. The molecule has 0 aromatic heterocycles. The quantitative estimate of drug-likeness (QED) is 0.472. The van der Waals surface area contributed by atoms with Gasteiger partial charge in [0, 0.05) is 17.8 Å². The third-order valence-corrected chi connectivity index (χ3v) is 5.77. The normalized spacial score (nSPS) is 17.0. The van der Waals surface area contributed by atoms with Gasteiger partial charge in [-0.3, -0.25) is 14.5 Å². The molecule has 0 bridgehead atoms. The van der Waals surface area contributed by atoms with Crippen molar-refractivity contribution in [2.24, 2.45) is 0 Å². The van der Waals surface area contributed by atoms with E-state index in [1.54, 1.807) is 36.4 Å². The van der Waals surface area contributed by atoms with Gasteiger partial charge in [-0.2, -0.15) is 0 Å². The number of cyclic esters (lactones) is 1. The summed E-state index contributed by atoms with van der Waals surface area (Å²) in [6.07, 6.45) is -0.815. The average Bonchev–Trinajstić information content (AvgIpc) is 3.20. The fourth-order valence-corrected chi connectivity index (χ4v) is 3.91. The van der Waals surface area contributed by atoms with Crippen LogP contribution in [0.25, 0.3) is 0 Å². The summed E-state index contributed by atoms with van der Waals surface area (Å²) in [7, 11) is 0. The first-order valence-corrected chi connectivity index (χ1v) is 11.5. The summed E-state index contributed by atoms with van der Waals surface area (Å²) in [6, 6.07) is 16.5. The summed E-state index contributed by atoms with van der Waals surface area (Å²) in [5, 5.41) is 5.55. The molecule has 3 aromatic rings. The number of ether oxygens (including phenoxy) is 1. The van der Waals surface area contributed by atoms with E-state index in [4.69, 9.17) is 4.74 Å². The van der Waals surface area contributed by atoms with Crippen molar-refractivity contribution >= 4 is 23.6 Å². The van der Waals surface area contributed by atoms with Gasteiger partial charge in [-0.05, 0) is 66.1 Å². The lowest BCUT2D eigenvalue weighted by Crippen LogP contribution is -2.46. The zero-order chi connectivity index (χ0) is 25.7. The highest BCUT2D eigenvalue weighted by molar-refractivity contribution is 6.04. The highest BCUT2D eigenvalue weighted by Crippen LogP contribution is 2.34. The molecule has 4 rings (SSSR count). The van der Waals surface area contributed by atoms with Crippen LogP contribution in [0.4, 0.5) is 19.3 Å². The molecule has 1 heterocycles. The van der Waals surface area contributed by atoms with Gasteiger partial charge in [-0.25, -0.2) is 13.6 Å². The number of hydrogen-bond acceptors (Lipinski definition) is 4. The lowest BCUT2D eigenvalue weighted by molar-refractivity contribution is -0.126. The number of hydrogen-bond donors (Lipinski definition) is 2. The number of carbonyl (C=O) groups excluding carboxylic acids is 3. The van der Waals surface area contributed by atoms with Crippen molar-refractivity contribution < 1.29 is 27.9 Å². The van der Waals surface area contributed by atoms with Crippen LogP contribution in [0.15, 0.2) is 72.8 Å². The number of rotatable bonds is 8. The maximum Gasteiger partial charge on any atom is 0.411 e. The van der Waals surface area contributed by atoms with Gasteiger partial charge in [-0.1, -0.05) is 31.2 Å². The van der Waals surface area contributed by atoms with Gasteiger partial charge >= 0.3 is 6.09 Å². The van der Waals surface area contributed by atoms with E-state index in [1.165, 1.54) is 41.3 Å². The second kappa shape index (κ2) is 11.0. The highest BCUT2D eigenvalue weighted by Gasteiger charge is 2.46. The average molecular weight is 494 g/mol. The lowest BCUT2D eigenvalue weighted by atomic mass is 10.00. The number of nitrogens with zero attached hydrogens (tertiary/aromatic N) is 1. The Morgan fingerprint density at radius 3 is 2.14 bits per heavy atom. The first-order chi connectivity index (χ1) is 17.4. The number of amides is 3. The van der Waals surface area contributed by atoms with Crippen molar-refractivity contribution in [3.8, 4) is 0 Å². The minimum atomic E-state index is -0.936. The van der Waals surface area contributed by atoms with E-state index >= 15 is 0 Å². The Balaban J connectivity index is 1.53. The number of carbonyl (C=O) groups is 3. The van der Waals surface area contributed by atoms with Crippen molar-refractivity contribution in [2.75, 3.05) is 11.9 Å². The molecule has 0 spiro atoms. The van der Waals surface area contributed by atoms with Crippen molar-refractivity contribution in [3.05, 3.63) is 101 Å². The van der Waals surface area contributed by atoms with Crippen LogP contribution in [0.2, 0.25) is 0 Å². The summed E-state index contributed by atoms with van der Waals surface area (Å²) in [6.45, 7) is 2.43. The number of benzene rings is 3. The maximum atomic E-state index is 13.3. The lowest BCUT2D eigenvalue weighted by Gasteiger charge is -2.24. The summed E-state index contributed by atoms with van der Waals surface area (Å²) in [5.74, 6) is -1.60. The van der Waals surface area contributed by atoms with Crippen molar-refractivity contribution in [3.63, 3.8) is 0 Å². The molecule has 2 N–H and O–H groups in total. The van der Waals surface area contributed by atoms with E-state index in [0.29, 0.717) is 28.9 Å². The molecule has 0 unspecified atom stereocenters. The zero-order valence-electron chi connectivity index (χ0n) is 19.5. The van der Waals surface area contributed by atoms with E-state index < -0.39 is 35.8 Å². The van der Waals surface area contributed by atoms with Crippen LogP contribution >= 0.6 is 0 Å². The molecule has 3 amide bonds. The molecule has 0 radical (unpaired) electrons. The second-order valence-electron chi connectivity index (χ2n) is 8.38. The number of nitrogens with one attached hydrogen (secondary N) is 2. The fourth-order valence-electron chi connectivity index (χ4n) is 3.91. The summed E-state index contributed by atoms with van der Waals surface area (Å²) in [4.78, 5) is 39.6. The summed E-state index contributed by atoms with van der Waals surface area (Å²) < 4.78 is 32.0.